The molecule has 1 aliphatic heterocycles. The van der Waals surface area contributed by atoms with Crippen molar-refractivity contribution in [2.75, 3.05) is 25.9 Å². The van der Waals surface area contributed by atoms with Crippen molar-refractivity contribution in [1.29, 1.82) is 0 Å². The zero-order valence-corrected chi connectivity index (χ0v) is 7.77. The molecule has 1 unspecified atom stereocenters. The summed E-state index contributed by atoms with van der Waals surface area (Å²) in [5, 5.41) is 0. The minimum absolute atomic E-state index is 0.466. The lowest BCUT2D eigenvalue weighted by molar-refractivity contribution is 0.409. The summed E-state index contributed by atoms with van der Waals surface area (Å²) < 4.78 is 0. The summed E-state index contributed by atoms with van der Waals surface area (Å²) in [6.07, 6.45) is 2.87. The van der Waals surface area contributed by atoms with Crippen LogP contribution in [-0.4, -0.2) is 35.0 Å². The molecule has 4 nitrogen and oxygen atoms in total. The first-order valence-electron chi connectivity index (χ1n) is 4.52. The van der Waals surface area contributed by atoms with E-state index in [0.29, 0.717) is 11.7 Å². The molecule has 1 atom stereocenters. The van der Waals surface area contributed by atoms with Crippen molar-refractivity contribution in [2.24, 2.45) is 0 Å². The number of likely N-dealkylation sites (tertiary alicyclic amines) is 1. The Hall–Kier alpha value is -1.16. The summed E-state index contributed by atoms with van der Waals surface area (Å²) in [7, 11) is 2.12. The Morgan fingerprint density at radius 3 is 3.08 bits per heavy atom. The lowest BCUT2D eigenvalue weighted by Gasteiger charge is -2.08. The van der Waals surface area contributed by atoms with Gasteiger partial charge in [0.2, 0.25) is 0 Å². The molecule has 1 aromatic rings. The molecule has 1 aliphatic rings. The van der Waals surface area contributed by atoms with Crippen molar-refractivity contribution in [3.63, 3.8) is 0 Å². The third-order valence-corrected chi connectivity index (χ3v) is 2.45. The van der Waals surface area contributed by atoms with Gasteiger partial charge in [-0.3, -0.25) is 0 Å². The van der Waals surface area contributed by atoms with Crippen molar-refractivity contribution in [1.82, 2.24) is 14.9 Å². The number of nitrogens with zero attached hydrogens (tertiary/aromatic N) is 3. The number of nitrogen functional groups attached to an aromatic ring is 1. The fourth-order valence-electron chi connectivity index (χ4n) is 1.73. The van der Waals surface area contributed by atoms with Crippen LogP contribution in [0, 0.1) is 0 Å². The molecule has 0 saturated carbocycles. The SMILES string of the molecule is CN1CCC(c2nccc(N)n2)C1. The molecule has 13 heavy (non-hydrogen) atoms. The van der Waals surface area contributed by atoms with Crippen molar-refractivity contribution in [3.05, 3.63) is 18.1 Å². The normalized spacial score (nSPS) is 23.6. The van der Waals surface area contributed by atoms with Gasteiger partial charge < -0.3 is 10.6 Å². The van der Waals surface area contributed by atoms with Gasteiger partial charge in [0.15, 0.2) is 0 Å². The molecule has 2 heterocycles. The van der Waals surface area contributed by atoms with Crippen LogP contribution in [-0.2, 0) is 0 Å². The lowest BCUT2D eigenvalue weighted by atomic mass is 10.1. The molecular formula is C9H14N4. The highest BCUT2D eigenvalue weighted by molar-refractivity contribution is 5.26. The zero-order chi connectivity index (χ0) is 9.26. The Morgan fingerprint density at radius 2 is 2.46 bits per heavy atom. The van der Waals surface area contributed by atoms with Crippen LogP contribution in [0.1, 0.15) is 18.2 Å². The molecular weight excluding hydrogens is 164 g/mol. The van der Waals surface area contributed by atoms with E-state index in [2.05, 4.69) is 21.9 Å². The number of nitrogens with two attached hydrogens (primary N) is 1. The topological polar surface area (TPSA) is 55.0 Å². The van der Waals surface area contributed by atoms with Gasteiger partial charge in [0, 0.05) is 18.7 Å². The van der Waals surface area contributed by atoms with Gasteiger partial charge in [-0.25, -0.2) is 9.97 Å². The minimum atomic E-state index is 0.466. The van der Waals surface area contributed by atoms with Gasteiger partial charge in [-0.2, -0.15) is 0 Å². The van der Waals surface area contributed by atoms with Gasteiger partial charge in [0.25, 0.3) is 0 Å². The fourth-order valence-corrected chi connectivity index (χ4v) is 1.73. The number of aromatic nitrogens is 2. The van der Waals surface area contributed by atoms with Gasteiger partial charge in [0.05, 0.1) is 0 Å². The van der Waals surface area contributed by atoms with Crippen LogP contribution in [0.4, 0.5) is 5.82 Å². The van der Waals surface area contributed by atoms with E-state index in [9.17, 15) is 0 Å². The Morgan fingerprint density at radius 1 is 1.62 bits per heavy atom. The summed E-state index contributed by atoms with van der Waals surface area (Å²) in [5.41, 5.74) is 5.60. The molecule has 0 aliphatic carbocycles. The van der Waals surface area contributed by atoms with E-state index in [0.717, 1.165) is 25.3 Å². The van der Waals surface area contributed by atoms with E-state index < -0.39 is 0 Å². The maximum absolute atomic E-state index is 5.60. The Labute approximate surface area is 77.8 Å². The predicted molar refractivity (Wildman–Crippen MR) is 51.3 cm³/mol. The largest absolute Gasteiger partial charge is 0.384 e. The number of hydrogen-bond acceptors (Lipinski definition) is 4. The van der Waals surface area contributed by atoms with E-state index >= 15 is 0 Å². The van der Waals surface area contributed by atoms with Gasteiger partial charge in [-0.05, 0) is 26.1 Å². The van der Waals surface area contributed by atoms with E-state index in [-0.39, 0.29) is 0 Å². The first kappa shape index (κ1) is 8.44. The van der Waals surface area contributed by atoms with Gasteiger partial charge in [-0.15, -0.1) is 0 Å². The quantitative estimate of drug-likeness (QED) is 0.679. The molecule has 4 heteroatoms. The van der Waals surface area contributed by atoms with Crippen molar-refractivity contribution in [3.8, 4) is 0 Å². The van der Waals surface area contributed by atoms with Gasteiger partial charge in [-0.1, -0.05) is 0 Å². The molecule has 0 spiro atoms. The third kappa shape index (κ3) is 1.78. The summed E-state index contributed by atoms with van der Waals surface area (Å²) >= 11 is 0. The van der Waals surface area contributed by atoms with Crippen LogP contribution in [0.2, 0.25) is 0 Å². The van der Waals surface area contributed by atoms with Crippen LogP contribution in [0.25, 0.3) is 0 Å². The van der Waals surface area contributed by atoms with Gasteiger partial charge in [0.1, 0.15) is 11.6 Å². The Kier molecular flexibility index (Phi) is 2.14. The summed E-state index contributed by atoms with van der Waals surface area (Å²) in [4.78, 5) is 10.8. The number of likely N-dealkylation sites (N-methyl/N-ethyl adjacent to an activating group) is 1. The second kappa shape index (κ2) is 3.30. The summed E-state index contributed by atoms with van der Waals surface area (Å²) in [6, 6.07) is 1.72. The van der Waals surface area contributed by atoms with Crippen LogP contribution in [0.3, 0.4) is 0 Å². The average Bonchev–Trinajstić information content (AvgIpc) is 2.52. The van der Waals surface area contributed by atoms with Crippen LogP contribution in [0.5, 0.6) is 0 Å². The zero-order valence-electron chi connectivity index (χ0n) is 7.77. The molecule has 1 fully saturated rings. The molecule has 0 radical (unpaired) electrons. The number of hydrogen-bond donors (Lipinski definition) is 1. The highest BCUT2D eigenvalue weighted by Crippen LogP contribution is 2.23. The molecule has 1 saturated heterocycles. The molecule has 0 aromatic carbocycles. The van der Waals surface area contributed by atoms with E-state index in [1.165, 1.54) is 0 Å². The van der Waals surface area contributed by atoms with Crippen molar-refractivity contribution >= 4 is 5.82 Å². The molecule has 1 aromatic heterocycles. The summed E-state index contributed by atoms with van der Waals surface area (Å²) in [6.45, 7) is 2.17. The van der Waals surface area contributed by atoms with E-state index in [4.69, 9.17) is 5.73 Å². The minimum Gasteiger partial charge on any atom is -0.384 e. The first-order chi connectivity index (χ1) is 6.25. The van der Waals surface area contributed by atoms with Crippen molar-refractivity contribution in [2.45, 2.75) is 12.3 Å². The third-order valence-electron chi connectivity index (χ3n) is 2.45. The highest BCUT2D eigenvalue weighted by atomic mass is 15.1. The average molecular weight is 178 g/mol. The molecule has 70 valence electrons. The molecule has 2 rings (SSSR count). The van der Waals surface area contributed by atoms with Gasteiger partial charge >= 0.3 is 0 Å². The van der Waals surface area contributed by atoms with Crippen LogP contribution in [0.15, 0.2) is 12.3 Å². The molecule has 0 amide bonds. The summed E-state index contributed by atoms with van der Waals surface area (Å²) in [5.74, 6) is 1.93. The van der Waals surface area contributed by atoms with E-state index in [1.807, 2.05) is 0 Å². The first-order valence-corrected chi connectivity index (χ1v) is 4.52. The standard InChI is InChI=1S/C9H14N4/c1-13-5-3-7(6-13)9-11-4-2-8(10)12-9/h2,4,7H,3,5-6H2,1H3,(H2,10,11,12). The van der Waals surface area contributed by atoms with Crippen molar-refractivity contribution < 1.29 is 0 Å². The maximum atomic E-state index is 5.60. The molecule has 2 N–H and O–H groups in total. The predicted octanol–water partition coefficient (Wildman–Crippen LogP) is 0.478. The molecule has 0 bridgehead atoms. The van der Waals surface area contributed by atoms with E-state index in [1.54, 1.807) is 12.3 Å². The highest BCUT2D eigenvalue weighted by Gasteiger charge is 2.23. The maximum Gasteiger partial charge on any atom is 0.135 e. The Bertz CT molecular complexity index is 299. The number of anilines is 1. The second-order valence-electron chi connectivity index (χ2n) is 3.59. The smallest absolute Gasteiger partial charge is 0.135 e. The monoisotopic (exact) mass is 178 g/mol. The Balaban J connectivity index is 2.16. The fraction of sp³-hybridized carbons (Fsp3) is 0.556. The second-order valence-corrected chi connectivity index (χ2v) is 3.59. The lowest BCUT2D eigenvalue weighted by Crippen LogP contribution is -2.14. The van der Waals surface area contributed by atoms with Crippen LogP contribution < -0.4 is 5.73 Å². The van der Waals surface area contributed by atoms with Crippen LogP contribution >= 0.6 is 0 Å². The number of rotatable bonds is 1.